The van der Waals surface area contributed by atoms with E-state index in [0.29, 0.717) is 12.2 Å². The Morgan fingerprint density at radius 1 is 1.19 bits per heavy atom. The number of nitrogens with one attached hydrogen (secondary N) is 1. The van der Waals surface area contributed by atoms with Crippen molar-refractivity contribution in [3.05, 3.63) is 54.7 Å². The van der Waals surface area contributed by atoms with Crippen molar-refractivity contribution in [1.82, 2.24) is 24.4 Å². The van der Waals surface area contributed by atoms with Gasteiger partial charge in [-0.2, -0.15) is 10.2 Å². The van der Waals surface area contributed by atoms with Gasteiger partial charge in [0.25, 0.3) is 0 Å². The molecular weight excluding hydrogens is 332 g/mol. The molecule has 4 aromatic heterocycles. The average Bonchev–Trinajstić information content (AvgIpc) is 3.26. The minimum atomic E-state index is -0.0326. The summed E-state index contributed by atoms with van der Waals surface area (Å²) in [7, 11) is 3.52. The van der Waals surface area contributed by atoms with E-state index in [9.17, 15) is 5.11 Å². The van der Waals surface area contributed by atoms with E-state index >= 15 is 0 Å². The minimum Gasteiger partial charge on any atom is -0.494 e. The van der Waals surface area contributed by atoms with Crippen molar-refractivity contribution in [2.24, 2.45) is 7.05 Å². The van der Waals surface area contributed by atoms with Crippen LogP contribution in [0.5, 0.6) is 11.6 Å². The van der Waals surface area contributed by atoms with Gasteiger partial charge in [-0.3, -0.25) is 4.68 Å². The minimum absolute atomic E-state index is 0.0326. The first-order valence-corrected chi connectivity index (χ1v) is 8.07. The van der Waals surface area contributed by atoms with Gasteiger partial charge >= 0.3 is 0 Å². The molecule has 0 amide bonds. The van der Waals surface area contributed by atoms with Crippen LogP contribution in [0.1, 0.15) is 5.56 Å². The highest BCUT2D eigenvalue weighted by atomic mass is 16.5. The lowest BCUT2D eigenvalue weighted by molar-refractivity contribution is 0.417. The Hall–Kier alpha value is -3.55. The predicted molar refractivity (Wildman–Crippen MR) is 97.2 cm³/mol. The van der Waals surface area contributed by atoms with E-state index in [4.69, 9.17) is 4.74 Å². The maximum atomic E-state index is 9.79. The number of aromatic hydroxyl groups is 1. The maximum Gasteiger partial charge on any atom is 0.234 e. The Bertz CT molecular complexity index is 1070. The van der Waals surface area contributed by atoms with Gasteiger partial charge in [-0.05, 0) is 18.2 Å². The van der Waals surface area contributed by atoms with E-state index in [1.165, 1.54) is 0 Å². The van der Waals surface area contributed by atoms with Gasteiger partial charge in [-0.1, -0.05) is 0 Å². The van der Waals surface area contributed by atoms with Crippen LogP contribution in [0, 0.1) is 0 Å². The predicted octanol–water partition coefficient (Wildman–Crippen LogP) is 2.46. The van der Waals surface area contributed by atoms with E-state index in [0.717, 1.165) is 28.0 Å². The Labute approximate surface area is 149 Å². The lowest BCUT2D eigenvalue weighted by atomic mass is 10.1. The smallest absolute Gasteiger partial charge is 0.234 e. The third-order valence-electron chi connectivity index (χ3n) is 4.17. The number of hydrogen-bond acceptors (Lipinski definition) is 6. The second-order valence-electron chi connectivity index (χ2n) is 5.89. The summed E-state index contributed by atoms with van der Waals surface area (Å²) in [5.74, 6) is 0.686. The van der Waals surface area contributed by atoms with E-state index in [2.05, 4.69) is 20.5 Å². The maximum absolute atomic E-state index is 9.79. The molecule has 4 aromatic rings. The fraction of sp³-hybridized carbons (Fsp3) is 0.167. The Kier molecular flexibility index (Phi) is 3.92. The molecule has 0 spiro atoms. The number of anilines is 1. The molecule has 4 heterocycles. The zero-order valence-electron chi connectivity index (χ0n) is 14.4. The molecule has 0 bridgehead atoms. The molecule has 132 valence electrons. The van der Waals surface area contributed by atoms with E-state index in [-0.39, 0.29) is 5.88 Å². The van der Waals surface area contributed by atoms with Gasteiger partial charge in [0.2, 0.25) is 5.88 Å². The van der Waals surface area contributed by atoms with Crippen LogP contribution < -0.4 is 10.1 Å². The van der Waals surface area contributed by atoms with Gasteiger partial charge in [0.15, 0.2) is 0 Å². The monoisotopic (exact) mass is 350 g/mol. The van der Waals surface area contributed by atoms with E-state index in [1.807, 2.05) is 25.5 Å². The summed E-state index contributed by atoms with van der Waals surface area (Å²) < 4.78 is 9.14. The van der Waals surface area contributed by atoms with E-state index < -0.39 is 0 Å². The number of aryl methyl sites for hydroxylation is 1. The molecule has 0 fully saturated rings. The fourth-order valence-corrected chi connectivity index (χ4v) is 2.88. The van der Waals surface area contributed by atoms with Crippen molar-refractivity contribution in [1.29, 1.82) is 0 Å². The molecule has 4 rings (SSSR count). The molecule has 0 aromatic carbocycles. The lowest BCUT2D eigenvalue weighted by Crippen LogP contribution is -2.01. The van der Waals surface area contributed by atoms with Crippen LogP contribution in [-0.4, -0.2) is 36.6 Å². The molecule has 0 saturated heterocycles. The van der Waals surface area contributed by atoms with Crippen LogP contribution in [0.4, 0.5) is 5.69 Å². The highest BCUT2D eigenvalue weighted by molar-refractivity contribution is 5.73. The molecule has 0 aliphatic carbocycles. The third kappa shape index (κ3) is 2.81. The number of rotatable bonds is 5. The Balaban J connectivity index is 1.70. The summed E-state index contributed by atoms with van der Waals surface area (Å²) >= 11 is 0. The van der Waals surface area contributed by atoms with Gasteiger partial charge in [-0.15, -0.1) is 0 Å². The molecule has 0 saturated carbocycles. The summed E-state index contributed by atoms with van der Waals surface area (Å²) in [5.41, 5.74) is 4.34. The molecular formula is C18H18N6O2. The molecule has 0 radical (unpaired) electrons. The third-order valence-corrected chi connectivity index (χ3v) is 4.17. The number of nitrogens with zero attached hydrogens (tertiary/aromatic N) is 5. The summed E-state index contributed by atoms with van der Waals surface area (Å²) in [4.78, 5) is 3.86. The standard InChI is InChI=1S/C18H18N6O2/c1-23-10-14(9-21-23)12-6-16(26-2)17-13(8-22-24(17)11-12)7-20-15-4-3-5-19-18(15)25/h3-6,8-11,20H,7H2,1-2H3,(H,19,25). The highest BCUT2D eigenvalue weighted by Gasteiger charge is 2.14. The summed E-state index contributed by atoms with van der Waals surface area (Å²) in [6.07, 6.45) is 9.01. The number of ether oxygens (including phenoxy) is 1. The topological polar surface area (TPSA) is 89.5 Å². The first-order valence-electron chi connectivity index (χ1n) is 8.07. The average molecular weight is 350 g/mol. The van der Waals surface area contributed by atoms with Crippen LogP contribution in [0.2, 0.25) is 0 Å². The van der Waals surface area contributed by atoms with Crippen molar-refractivity contribution in [2.75, 3.05) is 12.4 Å². The molecule has 0 unspecified atom stereocenters. The summed E-state index contributed by atoms with van der Waals surface area (Å²) in [6, 6.07) is 5.50. The lowest BCUT2D eigenvalue weighted by Gasteiger charge is -2.10. The summed E-state index contributed by atoms with van der Waals surface area (Å²) in [6.45, 7) is 0.478. The molecule has 8 nitrogen and oxygen atoms in total. The number of methoxy groups -OCH3 is 1. The van der Waals surface area contributed by atoms with Crippen molar-refractivity contribution < 1.29 is 9.84 Å². The normalized spacial score (nSPS) is 11.0. The number of fused-ring (bicyclic) bond motifs is 1. The van der Waals surface area contributed by atoms with Crippen LogP contribution in [0.3, 0.4) is 0 Å². The number of aromatic nitrogens is 5. The van der Waals surface area contributed by atoms with E-state index in [1.54, 1.807) is 47.0 Å². The quantitative estimate of drug-likeness (QED) is 0.575. The Morgan fingerprint density at radius 3 is 2.81 bits per heavy atom. The first-order chi connectivity index (χ1) is 12.7. The number of hydrogen-bond donors (Lipinski definition) is 2. The van der Waals surface area contributed by atoms with Crippen molar-refractivity contribution in [3.63, 3.8) is 0 Å². The molecule has 0 aliphatic rings. The second-order valence-corrected chi connectivity index (χ2v) is 5.89. The molecule has 0 aliphatic heterocycles. The van der Waals surface area contributed by atoms with Crippen molar-refractivity contribution in [3.8, 4) is 22.8 Å². The molecule has 2 N–H and O–H groups in total. The van der Waals surface area contributed by atoms with Crippen LogP contribution in [0.15, 0.2) is 49.2 Å². The van der Waals surface area contributed by atoms with Crippen LogP contribution >= 0.6 is 0 Å². The summed E-state index contributed by atoms with van der Waals surface area (Å²) in [5, 5.41) is 21.6. The largest absolute Gasteiger partial charge is 0.494 e. The fourth-order valence-electron chi connectivity index (χ4n) is 2.88. The first kappa shape index (κ1) is 15.9. The van der Waals surface area contributed by atoms with Gasteiger partial charge in [0.05, 0.1) is 25.2 Å². The zero-order chi connectivity index (χ0) is 18.1. The van der Waals surface area contributed by atoms with Gasteiger partial charge < -0.3 is 15.2 Å². The van der Waals surface area contributed by atoms with Gasteiger partial charge in [0.1, 0.15) is 11.3 Å². The molecule has 0 atom stereocenters. The van der Waals surface area contributed by atoms with Crippen molar-refractivity contribution in [2.45, 2.75) is 6.54 Å². The highest BCUT2D eigenvalue weighted by Crippen LogP contribution is 2.30. The van der Waals surface area contributed by atoms with Crippen LogP contribution in [0.25, 0.3) is 16.6 Å². The van der Waals surface area contributed by atoms with Crippen molar-refractivity contribution >= 4 is 11.2 Å². The second kappa shape index (κ2) is 6.40. The zero-order valence-corrected chi connectivity index (χ0v) is 14.4. The van der Waals surface area contributed by atoms with Gasteiger partial charge in [-0.25, -0.2) is 9.50 Å². The van der Waals surface area contributed by atoms with Gasteiger partial charge in [0, 0.05) is 48.9 Å². The SMILES string of the molecule is COc1cc(-c2cnn(C)c2)cn2ncc(CNc3cccnc3O)c12. The molecule has 8 heteroatoms. The Morgan fingerprint density at radius 2 is 2.08 bits per heavy atom. The molecule has 26 heavy (non-hydrogen) atoms. The van der Waals surface area contributed by atoms with Crippen LogP contribution in [-0.2, 0) is 13.6 Å². The number of pyridine rings is 2.